The van der Waals surface area contributed by atoms with E-state index in [2.05, 4.69) is 229 Å². The van der Waals surface area contributed by atoms with E-state index in [0.29, 0.717) is 0 Å². The Morgan fingerprint density at radius 2 is 1.34 bits per heavy atom. The molecular weight excluding hydrogens is 833 g/mol. The Labute approximate surface area is 400 Å². The lowest BCUT2D eigenvalue weighted by Gasteiger charge is -2.45. The van der Waals surface area contributed by atoms with Crippen LogP contribution in [-0.4, -0.2) is 43.4 Å². The summed E-state index contributed by atoms with van der Waals surface area (Å²) in [5.74, 6) is 2.46. The lowest BCUT2D eigenvalue weighted by molar-refractivity contribution is -0.401. The first-order valence-electron chi connectivity index (χ1n) is 24.3. The number of hydrogen-bond donors (Lipinski definition) is 0. The lowest BCUT2D eigenvalue weighted by atomic mass is 9.77. The van der Waals surface area contributed by atoms with Crippen molar-refractivity contribution >= 4 is 67.0 Å². The smallest absolute Gasteiger partial charge is 0.228 e. The topological polar surface area (TPSA) is 40.3 Å². The van der Waals surface area contributed by atoms with Gasteiger partial charge in [-0.2, -0.15) is 4.58 Å². The molecule has 4 heterocycles. The molecule has 0 aromatic heterocycles. The van der Waals surface area contributed by atoms with Crippen LogP contribution < -0.4 is 19.3 Å². The molecule has 338 valence electrons. The van der Waals surface area contributed by atoms with Crippen LogP contribution in [0.3, 0.4) is 0 Å². The highest BCUT2D eigenvalue weighted by molar-refractivity contribution is 6.08. The van der Waals surface area contributed by atoms with E-state index in [0.717, 1.165) is 58.7 Å². The summed E-state index contributed by atoms with van der Waals surface area (Å²) in [7, 11) is 6.53. The van der Waals surface area contributed by atoms with E-state index in [1.807, 2.05) is 6.21 Å². The molecule has 1 spiro atoms. The van der Waals surface area contributed by atoms with Crippen molar-refractivity contribution in [2.24, 2.45) is 4.99 Å². The van der Waals surface area contributed by atoms with Crippen LogP contribution in [0, 0.1) is 0 Å². The van der Waals surface area contributed by atoms with Gasteiger partial charge in [-0.3, -0.25) is 4.99 Å². The molecule has 68 heavy (non-hydrogen) atoms. The Hall–Kier alpha value is -7.18. The second-order valence-corrected chi connectivity index (χ2v) is 21.1. The number of fused-ring (bicyclic) bond motifs is 10. The summed E-state index contributed by atoms with van der Waals surface area (Å²) in [6.45, 7) is 14.0. The van der Waals surface area contributed by atoms with Gasteiger partial charge in [0, 0.05) is 59.7 Å². The van der Waals surface area contributed by atoms with Gasteiger partial charge in [-0.05, 0) is 145 Å². The van der Waals surface area contributed by atoms with Crippen LogP contribution in [0.15, 0.2) is 179 Å². The predicted molar refractivity (Wildman–Crippen MR) is 283 cm³/mol. The summed E-state index contributed by atoms with van der Waals surface area (Å²) in [5.41, 5.74) is 11.9. The fourth-order valence-corrected chi connectivity index (χ4v) is 12.6. The zero-order valence-electron chi connectivity index (χ0n) is 40.7. The molecule has 0 N–H and O–H groups in total. The van der Waals surface area contributed by atoms with E-state index in [1.165, 1.54) is 72.2 Å². The largest absolute Gasteiger partial charge is 0.459 e. The third-order valence-electron chi connectivity index (χ3n) is 16.3. The Morgan fingerprint density at radius 1 is 0.662 bits per heavy atom. The van der Waals surface area contributed by atoms with E-state index >= 15 is 0 Å². The first kappa shape index (κ1) is 42.2. The van der Waals surface area contributed by atoms with Crippen molar-refractivity contribution in [1.29, 1.82) is 0 Å². The molecule has 0 saturated carbocycles. The first-order chi connectivity index (χ1) is 32.7. The maximum Gasteiger partial charge on any atom is 0.228 e. The zero-order chi connectivity index (χ0) is 46.9. The predicted octanol–water partition coefficient (Wildman–Crippen LogP) is 14.7. The van der Waals surface area contributed by atoms with Crippen LogP contribution >= 0.6 is 0 Å². The maximum absolute atomic E-state index is 7.29. The van der Waals surface area contributed by atoms with E-state index < -0.39 is 5.72 Å². The van der Waals surface area contributed by atoms with Gasteiger partial charge in [-0.15, -0.1) is 0 Å². The SMILES string of the molecule is CN1C(=CC=C2CCCC(C=CC3=[N+](C)c4ccc5ccccc5c4C3(C)C)=C2Oc2ccc3ccc4c(c3c2)N=CC2(O4)N(C)c3ccccc3C2(C)C)C(C)(C)c2c1ccc1ccccc21. The summed E-state index contributed by atoms with van der Waals surface area (Å²) in [6, 6.07) is 45.8. The summed E-state index contributed by atoms with van der Waals surface area (Å²) in [6.07, 6.45) is 14.2. The van der Waals surface area contributed by atoms with Crippen LogP contribution in [-0.2, 0) is 16.2 Å². The monoisotopic (exact) mass is 891 g/mol. The van der Waals surface area contributed by atoms with Crippen molar-refractivity contribution in [2.45, 2.75) is 82.8 Å². The summed E-state index contributed by atoms with van der Waals surface area (Å²) < 4.78 is 16.8. The molecule has 1 atom stereocenters. The highest BCUT2D eigenvalue weighted by Crippen LogP contribution is 2.55. The number of para-hydroxylation sites is 1. The normalized spacial score (nSPS) is 22.0. The van der Waals surface area contributed by atoms with Gasteiger partial charge in [0.2, 0.25) is 11.4 Å². The van der Waals surface area contributed by atoms with Crippen molar-refractivity contribution < 1.29 is 14.0 Å². The standard InChI is InChI=1S/C62H59N4O2/c1-59(2)53(64(7)50-32-26-39-17-10-12-21-45(39)55(50)59)35-29-42-19-16-20-43(30-36-54-60(3,4)56-46-22-13-11-18-40(46)27-33-51(56)65(54)8)58(42)67-44-31-25-41-28-34-52-57(47(41)37-44)63-38-62(68-52)61(5,6)48-23-14-15-24-49(48)66(62)9/h10-15,17-18,21-38H,16,19-20H2,1-9H3/q+1. The molecule has 1 aliphatic carbocycles. The number of rotatable bonds is 5. The third-order valence-corrected chi connectivity index (χ3v) is 16.3. The molecule has 12 rings (SSSR count). The van der Waals surface area contributed by atoms with Crippen LogP contribution in [0.25, 0.3) is 32.3 Å². The number of nitrogens with zero attached hydrogens (tertiary/aromatic N) is 4. The average Bonchev–Trinajstić information content (AvgIpc) is 3.75. The molecule has 0 radical (unpaired) electrons. The molecule has 6 heteroatoms. The molecule has 0 saturated heterocycles. The van der Waals surface area contributed by atoms with Crippen molar-refractivity contribution in [3.63, 3.8) is 0 Å². The zero-order valence-corrected chi connectivity index (χ0v) is 40.7. The lowest BCUT2D eigenvalue weighted by Crippen LogP contribution is -2.61. The summed E-state index contributed by atoms with van der Waals surface area (Å²) in [4.78, 5) is 9.88. The van der Waals surface area contributed by atoms with Crippen molar-refractivity contribution in [2.75, 3.05) is 30.9 Å². The molecule has 7 aromatic carbocycles. The number of ether oxygens (including phenoxy) is 2. The van der Waals surface area contributed by atoms with Gasteiger partial charge in [0.15, 0.2) is 5.71 Å². The summed E-state index contributed by atoms with van der Waals surface area (Å²) >= 11 is 0. The molecule has 6 nitrogen and oxygen atoms in total. The Kier molecular flexibility index (Phi) is 9.25. The highest BCUT2D eigenvalue weighted by atomic mass is 16.5. The number of allylic oxidation sites excluding steroid dienone is 7. The van der Waals surface area contributed by atoms with Crippen molar-refractivity contribution in [1.82, 2.24) is 0 Å². The van der Waals surface area contributed by atoms with E-state index in [-0.39, 0.29) is 16.2 Å². The van der Waals surface area contributed by atoms with Crippen molar-refractivity contribution in [3.8, 4) is 11.5 Å². The van der Waals surface area contributed by atoms with Crippen LogP contribution in [0.4, 0.5) is 22.7 Å². The fourth-order valence-electron chi connectivity index (χ4n) is 12.6. The number of likely N-dealkylation sites (N-methyl/N-ethyl adjacent to an activating group) is 2. The second-order valence-electron chi connectivity index (χ2n) is 21.1. The molecule has 0 fully saturated rings. The number of benzene rings is 7. The van der Waals surface area contributed by atoms with E-state index in [1.54, 1.807) is 0 Å². The van der Waals surface area contributed by atoms with Gasteiger partial charge in [0.25, 0.3) is 0 Å². The number of aliphatic imine (C=N–C) groups is 1. The van der Waals surface area contributed by atoms with Gasteiger partial charge < -0.3 is 19.3 Å². The minimum Gasteiger partial charge on any atom is -0.459 e. The summed E-state index contributed by atoms with van der Waals surface area (Å²) in [5, 5.41) is 7.25. The fraction of sp³-hybridized carbons (Fsp3) is 0.258. The van der Waals surface area contributed by atoms with Gasteiger partial charge in [0.05, 0.1) is 17.0 Å². The molecule has 5 aliphatic rings. The minimum atomic E-state index is -0.765. The van der Waals surface area contributed by atoms with Crippen LogP contribution in [0.1, 0.15) is 77.5 Å². The molecule has 0 amide bonds. The molecular formula is C62H59N4O2+. The Bertz CT molecular complexity index is 3520. The molecule has 4 aliphatic heterocycles. The molecule has 1 unspecified atom stereocenters. The van der Waals surface area contributed by atoms with E-state index in [4.69, 9.17) is 14.5 Å². The van der Waals surface area contributed by atoms with Gasteiger partial charge >= 0.3 is 0 Å². The van der Waals surface area contributed by atoms with Gasteiger partial charge in [-0.1, -0.05) is 105 Å². The maximum atomic E-state index is 7.29. The quantitative estimate of drug-likeness (QED) is 0.161. The Morgan fingerprint density at radius 3 is 2.12 bits per heavy atom. The van der Waals surface area contributed by atoms with Crippen molar-refractivity contribution in [3.05, 3.63) is 191 Å². The number of anilines is 2. The van der Waals surface area contributed by atoms with Crippen LogP contribution in [0.5, 0.6) is 11.5 Å². The highest BCUT2D eigenvalue weighted by Gasteiger charge is 2.58. The minimum absolute atomic E-state index is 0.206. The van der Waals surface area contributed by atoms with E-state index in [9.17, 15) is 0 Å². The van der Waals surface area contributed by atoms with Gasteiger partial charge in [-0.25, -0.2) is 0 Å². The Balaban J connectivity index is 0.958. The second kappa shape index (κ2) is 14.9. The molecule has 0 bridgehead atoms. The first-order valence-corrected chi connectivity index (χ1v) is 24.3. The number of hydrogen-bond acceptors (Lipinski definition) is 5. The van der Waals surface area contributed by atoms with Gasteiger partial charge in [0.1, 0.15) is 30.0 Å². The van der Waals surface area contributed by atoms with Crippen LogP contribution in [0.2, 0.25) is 0 Å². The molecule has 7 aromatic rings. The average molecular weight is 892 g/mol. The third kappa shape index (κ3) is 5.95.